The van der Waals surface area contributed by atoms with Crippen LogP contribution in [0.2, 0.25) is 0 Å². The highest BCUT2D eigenvalue weighted by Gasteiger charge is 2.22. The van der Waals surface area contributed by atoms with Crippen molar-refractivity contribution in [3.05, 3.63) is 36.0 Å². The maximum atomic E-state index is 12.4. The van der Waals surface area contributed by atoms with Crippen LogP contribution in [0.4, 0.5) is 11.4 Å². The van der Waals surface area contributed by atoms with E-state index in [0.29, 0.717) is 37.6 Å². The van der Waals surface area contributed by atoms with E-state index >= 15 is 0 Å². The molecule has 23 heavy (non-hydrogen) atoms. The van der Waals surface area contributed by atoms with E-state index in [1.54, 1.807) is 29.2 Å². The Morgan fingerprint density at radius 1 is 1.30 bits per heavy atom. The Bertz CT molecular complexity index is 654. The number of hydrogen-bond acceptors (Lipinski definition) is 5. The second-order valence-electron chi connectivity index (χ2n) is 5.18. The molecule has 1 aliphatic heterocycles. The maximum absolute atomic E-state index is 12.4. The van der Waals surface area contributed by atoms with Crippen molar-refractivity contribution in [3.8, 4) is 6.07 Å². The normalized spacial score (nSPS) is 15.0. The monoisotopic (exact) mass is 313 g/mol. The molecule has 0 spiro atoms. The van der Waals surface area contributed by atoms with Crippen molar-refractivity contribution in [1.29, 1.82) is 5.26 Å². The summed E-state index contributed by atoms with van der Waals surface area (Å²) in [5, 5.41) is 12.5. The lowest BCUT2D eigenvalue weighted by atomic mass is 10.2. The largest absolute Gasteiger partial charge is 0.399 e. The van der Waals surface area contributed by atoms with E-state index in [0.717, 1.165) is 0 Å². The van der Waals surface area contributed by atoms with E-state index in [2.05, 4.69) is 5.32 Å². The highest BCUT2D eigenvalue weighted by atomic mass is 16.2. The van der Waals surface area contributed by atoms with Gasteiger partial charge in [-0.3, -0.25) is 14.5 Å². The number of hydrogen-bond donors (Lipinski definition) is 2. The first-order valence-electron chi connectivity index (χ1n) is 7.30. The standard InChI is InChI=1S/C16H19N5O2/c1-12(22)21(15-4-2-14(18)3-5-15)11-13(10-17)16(23)20-8-6-19-7-9-20/h2-5,11,19H,6-9,18H2,1H3/b13-11-. The van der Waals surface area contributed by atoms with Crippen molar-refractivity contribution in [2.45, 2.75) is 6.92 Å². The van der Waals surface area contributed by atoms with Gasteiger partial charge in [0.25, 0.3) is 5.91 Å². The summed E-state index contributed by atoms with van der Waals surface area (Å²) >= 11 is 0. The molecule has 3 N–H and O–H groups in total. The van der Waals surface area contributed by atoms with E-state index in [4.69, 9.17) is 5.73 Å². The smallest absolute Gasteiger partial charge is 0.266 e. The fourth-order valence-electron chi connectivity index (χ4n) is 2.28. The number of amides is 2. The molecule has 1 saturated heterocycles. The zero-order valence-electron chi connectivity index (χ0n) is 13.0. The Hall–Kier alpha value is -2.85. The first kappa shape index (κ1) is 16.5. The summed E-state index contributed by atoms with van der Waals surface area (Å²) in [7, 11) is 0. The van der Waals surface area contributed by atoms with E-state index in [1.165, 1.54) is 18.0 Å². The number of nitriles is 1. The third kappa shape index (κ3) is 4.08. The minimum absolute atomic E-state index is 0.0704. The van der Waals surface area contributed by atoms with Crippen LogP contribution in [0, 0.1) is 11.3 Å². The second-order valence-corrected chi connectivity index (χ2v) is 5.18. The van der Waals surface area contributed by atoms with E-state index in [1.807, 2.05) is 6.07 Å². The molecule has 1 aromatic rings. The summed E-state index contributed by atoms with van der Waals surface area (Å²) in [5.41, 5.74) is 6.68. The number of carbonyl (C=O) groups is 2. The molecule has 1 fully saturated rings. The molecule has 7 heteroatoms. The number of rotatable bonds is 3. The van der Waals surface area contributed by atoms with Gasteiger partial charge in [-0.15, -0.1) is 0 Å². The van der Waals surface area contributed by atoms with Crippen LogP contribution in [0.1, 0.15) is 6.92 Å². The van der Waals surface area contributed by atoms with Gasteiger partial charge >= 0.3 is 0 Å². The quantitative estimate of drug-likeness (QED) is 0.479. The van der Waals surface area contributed by atoms with Gasteiger partial charge in [-0.05, 0) is 24.3 Å². The van der Waals surface area contributed by atoms with Crippen LogP contribution in [-0.2, 0) is 9.59 Å². The summed E-state index contributed by atoms with van der Waals surface area (Å²) in [6.45, 7) is 3.84. The topological polar surface area (TPSA) is 102 Å². The van der Waals surface area contributed by atoms with Gasteiger partial charge in [0.1, 0.15) is 11.6 Å². The lowest BCUT2D eigenvalue weighted by molar-refractivity contribution is -0.127. The van der Waals surface area contributed by atoms with Crippen LogP contribution >= 0.6 is 0 Å². The van der Waals surface area contributed by atoms with Gasteiger partial charge in [0.2, 0.25) is 5.91 Å². The van der Waals surface area contributed by atoms with Gasteiger partial charge in [-0.1, -0.05) is 0 Å². The van der Waals surface area contributed by atoms with Crippen LogP contribution in [0.5, 0.6) is 0 Å². The van der Waals surface area contributed by atoms with Crippen molar-refractivity contribution >= 4 is 23.2 Å². The van der Waals surface area contributed by atoms with Crippen LogP contribution < -0.4 is 16.0 Å². The first-order valence-corrected chi connectivity index (χ1v) is 7.30. The minimum atomic E-state index is -0.365. The van der Waals surface area contributed by atoms with Gasteiger partial charge in [0.15, 0.2) is 0 Å². The molecule has 1 aromatic carbocycles. The molecule has 120 valence electrons. The van der Waals surface area contributed by atoms with E-state index in [-0.39, 0.29) is 17.4 Å². The molecule has 0 atom stereocenters. The maximum Gasteiger partial charge on any atom is 0.266 e. The van der Waals surface area contributed by atoms with Gasteiger partial charge in [-0.25, -0.2) is 0 Å². The Balaban J connectivity index is 2.28. The summed E-state index contributed by atoms with van der Waals surface area (Å²) in [6.07, 6.45) is 1.29. The Kier molecular flexibility index (Phi) is 5.33. The number of nitrogens with two attached hydrogens (primary N) is 1. The third-order valence-electron chi connectivity index (χ3n) is 3.52. The third-order valence-corrected chi connectivity index (χ3v) is 3.52. The van der Waals surface area contributed by atoms with Crippen LogP contribution in [0.25, 0.3) is 0 Å². The number of anilines is 2. The molecule has 2 rings (SSSR count). The average molecular weight is 313 g/mol. The minimum Gasteiger partial charge on any atom is -0.399 e. The predicted octanol–water partition coefficient (Wildman–Crippen LogP) is 0.461. The van der Waals surface area contributed by atoms with Crippen molar-refractivity contribution < 1.29 is 9.59 Å². The molecule has 2 amide bonds. The lowest BCUT2D eigenvalue weighted by Crippen LogP contribution is -2.47. The molecule has 1 heterocycles. The number of piperazine rings is 1. The number of benzene rings is 1. The molecule has 7 nitrogen and oxygen atoms in total. The predicted molar refractivity (Wildman–Crippen MR) is 87.2 cm³/mol. The SMILES string of the molecule is CC(=O)N(/C=C(/C#N)C(=O)N1CCNCC1)c1ccc(N)cc1. The Morgan fingerprint density at radius 2 is 1.91 bits per heavy atom. The zero-order valence-corrected chi connectivity index (χ0v) is 13.0. The molecule has 0 aliphatic carbocycles. The molecule has 0 saturated carbocycles. The highest BCUT2D eigenvalue weighted by molar-refractivity contribution is 6.01. The van der Waals surface area contributed by atoms with Gasteiger partial charge in [-0.2, -0.15) is 5.26 Å². The summed E-state index contributed by atoms with van der Waals surface area (Å²) in [6, 6.07) is 8.54. The van der Waals surface area contributed by atoms with Crippen molar-refractivity contribution in [2.75, 3.05) is 36.8 Å². The fraction of sp³-hybridized carbons (Fsp3) is 0.312. The number of nitrogens with zero attached hydrogens (tertiary/aromatic N) is 3. The Labute approximate surface area is 135 Å². The van der Waals surface area contributed by atoms with E-state index < -0.39 is 0 Å². The Morgan fingerprint density at radius 3 is 2.43 bits per heavy atom. The molecular weight excluding hydrogens is 294 g/mol. The number of nitrogens with one attached hydrogen (secondary N) is 1. The van der Waals surface area contributed by atoms with Gasteiger partial charge in [0.05, 0.1) is 0 Å². The summed E-state index contributed by atoms with van der Waals surface area (Å²) in [5.74, 6) is -0.661. The van der Waals surface area contributed by atoms with Crippen LogP contribution in [0.3, 0.4) is 0 Å². The van der Waals surface area contributed by atoms with Crippen molar-refractivity contribution in [2.24, 2.45) is 0 Å². The lowest BCUT2D eigenvalue weighted by Gasteiger charge is -2.27. The van der Waals surface area contributed by atoms with Gasteiger partial charge < -0.3 is 16.0 Å². The summed E-state index contributed by atoms with van der Waals surface area (Å²) < 4.78 is 0. The highest BCUT2D eigenvalue weighted by Crippen LogP contribution is 2.18. The van der Waals surface area contributed by atoms with Crippen molar-refractivity contribution in [1.82, 2.24) is 10.2 Å². The number of nitrogen functional groups attached to an aromatic ring is 1. The molecule has 0 unspecified atom stereocenters. The second kappa shape index (κ2) is 7.42. The molecule has 0 aromatic heterocycles. The van der Waals surface area contributed by atoms with E-state index in [9.17, 15) is 14.9 Å². The van der Waals surface area contributed by atoms with Crippen molar-refractivity contribution in [3.63, 3.8) is 0 Å². The van der Waals surface area contributed by atoms with Gasteiger partial charge in [0, 0.05) is 50.7 Å². The van der Waals surface area contributed by atoms with Crippen LogP contribution in [0.15, 0.2) is 36.0 Å². The fourth-order valence-corrected chi connectivity index (χ4v) is 2.28. The first-order chi connectivity index (χ1) is 11.0. The number of carbonyl (C=O) groups excluding carboxylic acids is 2. The average Bonchev–Trinajstić information content (AvgIpc) is 2.57. The summed E-state index contributed by atoms with van der Waals surface area (Å²) in [4.78, 5) is 27.2. The molecule has 0 bridgehead atoms. The molecule has 1 aliphatic rings. The molecule has 0 radical (unpaired) electrons. The van der Waals surface area contributed by atoms with Crippen LogP contribution in [-0.4, -0.2) is 42.9 Å². The zero-order chi connectivity index (χ0) is 16.8. The molecular formula is C16H19N5O2.